The third-order valence-corrected chi connectivity index (χ3v) is 2.74. The molecular weight excluding hydrogens is 269 g/mol. The topological polar surface area (TPSA) is 62.4 Å². The number of hydrogen-bond acceptors (Lipinski definition) is 2. The van der Waals surface area contributed by atoms with E-state index in [1.54, 1.807) is 6.92 Å². The van der Waals surface area contributed by atoms with Crippen LogP contribution in [0, 0.1) is 6.92 Å². The van der Waals surface area contributed by atoms with Crippen molar-refractivity contribution in [1.82, 2.24) is 5.43 Å². The number of unbranched alkanes of at least 4 members (excludes halogenated alkanes) is 1. The van der Waals surface area contributed by atoms with Crippen molar-refractivity contribution < 1.29 is 13.2 Å². The molecule has 112 valence electrons. The summed E-state index contributed by atoms with van der Waals surface area (Å²) in [5, 5.41) is 2.78. The number of benzene rings is 1. The summed E-state index contributed by atoms with van der Waals surface area (Å²) >= 11 is 0. The number of rotatable bonds is 4. The molecule has 1 rings (SSSR count). The molecule has 4 N–H and O–H groups in total. The number of anilines is 1. The quantitative estimate of drug-likeness (QED) is 0.262. The molecule has 0 aromatic heterocycles. The average Bonchev–Trinajstić information content (AvgIpc) is 2.38. The van der Waals surface area contributed by atoms with E-state index in [-0.39, 0.29) is 5.96 Å². The highest BCUT2D eigenvalue weighted by molar-refractivity contribution is 5.94. The van der Waals surface area contributed by atoms with Gasteiger partial charge in [0.05, 0.1) is 5.56 Å². The van der Waals surface area contributed by atoms with Gasteiger partial charge in [0.1, 0.15) is 0 Å². The van der Waals surface area contributed by atoms with Crippen LogP contribution in [0.25, 0.3) is 0 Å². The largest absolute Gasteiger partial charge is 0.416 e. The minimum atomic E-state index is -4.38. The summed E-state index contributed by atoms with van der Waals surface area (Å²) in [5.41, 5.74) is 2.64. The van der Waals surface area contributed by atoms with E-state index in [2.05, 4.69) is 15.7 Å². The second-order valence-corrected chi connectivity index (χ2v) is 4.38. The zero-order chi connectivity index (χ0) is 15.2. The first-order valence-electron chi connectivity index (χ1n) is 6.34. The Kier molecular flexibility index (Phi) is 5.82. The van der Waals surface area contributed by atoms with E-state index in [1.165, 1.54) is 6.07 Å². The molecule has 0 bridgehead atoms. The fourth-order valence-electron chi connectivity index (χ4n) is 1.53. The van der Waals surface area contributed by atoms with E-state index in [4.69, 9.17) is 5.84 Å². The van der Waals surface area contributed by atoms with E-state index in [0.29, 0.717) is 17.8 Å². The lowest BCUT2D eigenvalue weighted by atomic mass is 10.1. The summed E-state index contributed by atoms with van der Waals surface area (Å²) in [6, 6.07) is 3.50. The molecule has 0 saturated carbocycles. The van der Waals surface area contributed by atoms with Gasteiger partial charge in [-0.1, -0.05) is 19.4 Å². The van der Waals surface area contributed by atoms with Gasteiger partial charge in [0.25, 0.3) is 0 Å². The monoisotopic (exact) mass is 288 g/mol. The lowest BCUT2D eigenvalue weighted by molar-refractivity contribution is -0.137. The van der Waals surface area contributed by atoms with Crippen LogP contribution in [0.2, 0.25) is 0 Å². The number of hydrogen-bond donors (Lipinski definition) is 3. The molecule has 0 amide bonds. The van der Waals surface area contributed by atoms with Gasteiger partial charge < -0.3 is 5.32 Å². The second kappa shape index (κ2) is 7.14. The van der Waals surface area contributed by atoms with Crippen molar-refractivity contribution in [3.8, 4) is 0 Å². The van der Waals surface area contributed by atoms with Gasteiger partial charge in [-0.2, -0.15) is 13.2 Å². The van der Waals surface area contributed by atoms with Gasteiger partial charge in [0.2, 0.25) is 5.96 Å². The van der Waals surface area contributed by atoms with Crippen molar-refractivity contribution >= 4 is 11.6 Å². The van der Waals surface area contributed by atoms with Crippen LogP contribution in [-0.4, -0.2) is 12.5 Å². The van der Waals surface area contributed by atoms with Crippen LogP contribution < -0.4 is 16.6 Å². The zero-order valence-electron chi connectivity index (χ0n) is 11.5. The minimum Gasteiger partial charge on any atom is -0.325 e. The van der Waals surface area contributed by atoms with Crippen LogP contribution >= 0.6 is 0 Å². The molecule has 0 unspecified atom stereocenters. The number of halogens is 3. The maximum atomic E-state index is 12.7. The van der Waals surface area contributed by atoms with Gasteiger partial charge in [-0.15, -0.1) is 0 Å². The van der Waals surface area contributed by atoms with Crippen molar-refractivity contribution in [3.63, 3.8) is 0 Å². The molecule has 7 heteroatoms. The SMILES string of the molecule is CCCCN=C(NN)Nc1cc(C(F)(F)F)ccc1C. The lowest BCUT2D eigenvalue weighted by Crippen LogP contribution is -2.36. The van der Waals surface area contributed by atoms with Crippen molar-refractivity contribution in [3.05, 3.63) is 29.3 Å². The van der Waals surface area contributed by atoms with Crippen molar-refractivity contribution in [2.45, 2.75) is 32.9 Å². The molecule has 0 aliphatic heterocycles. The van der Waals surface area contributed by atoms with Gasteiger partial charge in [-0.25, -0.2) is 5.84 Å². The zero-order valence-corrected chi connectivity index (χ0v) is 11.5. The number of aryl methyl sites for hydroxylation is 1. The normalized spacial score (nSPS) is 12.4. The first kappa shape index (κ1) is 16.3. The standard InChI is InChI=1S/C13H19F3N4/c1-3-4-7-18-12(20-17)19-11-8-10(13(14,15)16)6-5-9(11)2/h5-6,8H,3-4,7,17H2,1-2H3,(H2,18,19,20). The first-order chi connectivity index (χ1) is 9.38. The molecule has 0 aliphatic rings. The predicted octanol–water partition coefficient (Wildman–Crippen LogP) is 3.05. The summed E-state index contributed by atoms with van der Waals surface area (Å²) in [5.74, 6) is 5.56. The van der Waals surface area contributed by atoms with E-state index < -0.39 is 11.7 Å². The second-order valence-electron chi connectivity index (χ2n) is 4.38. The summed E-state index contributed by atoms with van der Waals surface area (Å²) in [4.78, 5) is 4.15. The van der Waals surface area contributed by atoms with Crippen molar-refractivity contribution in [1.29, 1.82) is 0 Å². The minimum absolute atomic E-state index is 0.251. The number of nitrogens with two attached hydrogens (primary N) is 1. The molecule has 0 atom stereocenters. The molecule has 0 radical (unpaired) electrons. The molecule has 1 aromatic rings. The molecule has 20 heavy (non-hydrogen) atoms. The number of alkyl halides is 3. The molecule has 0 spiro atoms. The van der Waals surface area contributed by atoms with Gasteiger partial charge in [-0.05, 0) is 31.0 Å². The van der Waals surface area contributed by atoms with Crippen molar-refractivity contribution in [2.75, 3.05) is 11.9 Å². The molecule has 0 saturated heterocycles. The Labute approximate surface area is 116 Å². The maximum Gasteiger partial charge on any atom is 0.416 e. The van der Waals surface area contributed by atoms with Gasteiger partial charge in [-0.3, -0.25) is 10.4 Å². The van der Waals surface area contributed by atoms with Crippen LogP contribution in [0.4, 0.5) is 18.9 Å². The van der Waals surface area contributed by atoms with Crippen LogP contribution in [-0.2, 0) is 6.18 Å². The van der Waals surface area contributed by atoms with E-state index >= 15 is 0 Å². The van der Waals surface area contributed by atoms with E-state index in [9.17, 15) is 13.2 Å². The highest BCUT2D eigenvalue weighted by atomic mass is 19.4. The smallest absolute Gasteiger partial charge is 0.325 e. The summed E-state index contributed by atoms with van der Waals surface area (Å²) < 4.78 is 38.0. The Bertz CT molecular complexity index is 469. The predicted molar refractivity (Wildman–Crippen MR) is 74.3 cm³/mol. The molecule has 1 aromatic carbocycles. The molecular formula is C13H19F3N4. The molecule has 0 aliphatic carbocycles. The van der Waals surface area contributed by atoms with Crippen LogP contribution in [0.5, 0.6) is 0 Å². The third kappa shape index (κ3) is 4.73. The Morgan fingerprint density at radius 2 is 2.05 bits per heavy atom. The Morgan fingerprint density at radius 1 is 1.35 bits per heavy atom. The maximum absolute atomic E-state index is 12.7. The molecule has 4 nitrogen and oxygen atoms in total. The highest BCUT2D eigenvalue weighted by Gasteiger charge is 2.30. The molecule has 0 heterocycles. The van der Waals surface area contributed by atoms with Crippen LogP contribution in [0.1, 0.15) is 30.9 Å². The fraction of sp³-hybridized carbons (Fsp3) is 0.462. The first-order valence-corrected chi connectivity index (χ1v) is 6.34. The van der Waals surface area contributed by atoms with E-state index in [0.717, 1.165) is 25.0 Å². The van der Waals surface area contributed by atoms with Crippen molar-refractivity contribution in [2.24, 2.45) is 10.8 Å². The molecule has 0 fully saturated rings. The average molecular weight is 288 g/mol. The van der Waals surface area contributed by atoms with Gasteiger partial charge in [0.15, 0.2) is 0 Å². The Hall–Kier alpha value is -1.76. The Balaban J connectivity index is 2.92. The van der Waals surface area contributed by atoms with E-state index in [1.807, 2.05) is 6.92 Å². The number of guanidine groups is 1. The number of nitrogens with one attached hydrogen (secondary N) is 2. The summed E-state index contributed by atoms with van der Waals surface area (Å²) in [6.45, 7) is 4.29. The summed E-state index contributed by atoms with van der Waals surface area (Å²) in [7, 11) is 0. The Morgan fingerprint density at radius 3 is 2.60 bits per heavy atom. The third-order valence-electron chi connectivity index (χ3n) is 2.74. The lowest BCUT2D eigenvalue weighted by Gasteiger charge is -2.14. The van der Waals surface area contributed by atoms with Crippen LogP contribution in [0.15, 0.2) is 23.2 Å². The summed E-state index contributed by atoms with van der Waals surface area (Å²) in [6.07, 6.45) is -2.52. The number of hydrazine groups is 1. The number of aliphatic imine (C=N–C) groups is 1. The van der Waals surface area contributed by atoms with Crippen LogP contribution in [0.3, 0.4) is 0 Å². The van der Waals surface area contributed by atoms with Gasteiger partial charge >= 0.3 is 6.18 Å². The fourth-order valence-corrected chi connectivity index (χ4v) is 1.53. The highest BCUT2D eigenvalue weighted by Crippen LogP contribution is 2.31. The van der Waals surface area contributed by atoms with Gasteiger partial charge in [0, 0.05) is 12.2 Å². The number of nitrogens with zero attached hydrogens (tertiary/aromatic N) is 1.